The van der Waals surface area contributed by atoms with Gasteiger partial charge in [0.1, 0.15) is 5.75 Å². The number of para-hydroxylation sites is 1. The van der Waals surface area contributed by atoms with Crippen molar-refractivity contribution < 1.29 is 13.2 Å². The standard InChI is InChI=1S/C20H28N2O3S/c1-4-26(23,24)22-15-7-14-21-16(2)17-10-12-18(13-11-17)19-8-5-6-9-20(19)25-3/h5-6,8-13,16,21-22H,4,7,14-15H2,1-3H3. The molecule has 0 aliphatic carbocycles. The topological polar surface area (TPSA) is 67.4 Å². The molecule has 6 heteroatoms. The fourth-order valence-corrected chi connectivity index (χ4v) is 3.35. The molecule has 0 aromatic heterocycles. The predicted molar refractivity (Wildman–Crippen MR) is 107 cm³/mol. The van der Waals surface area contributed by atoms with Crippen molar-refractivity contribution in [1.82, 2.24) is 10.0 Å². The van der Waals surface area contributed by atoms with Gasteiger partial charge in [-0.25, -0.2) is 13.1 Å². The normalized spacial score (nSPS) is 12.7. The van der Waals surface area contributed by atoms with Crippen LogP contribution in [0, 0.1) is 0 Å². The molecule has 1 unspecified atom stereocenters. The molecule has 0 heterocycles. The van der Waals surface area contributed by atoms with Gasteiger partial charge in [-0.1, -0.05) is 42.5 Å². The Morgan fingerprint density at radius 3 is 2.38 bits per heavy atom. The smallest absolute Gasteiger partial charge is 0.211 e. The molecule has 0 aliphatic rings. The van der Waals surface area contributed by atoms with Gasteiger partial charge in [0.15, 0.2) is 0 Å². The van der Waals surface area contributed by atoms with Crippen molar-refractivity contribution in [3.05, 3.63) is 54.1 Å². The van der Waals surface area contributed by atoms with Crippen LogP contribution in [-0.4, -0.2) is 34.4 Å². The highest BCUT2D eigenvalue weighted by atomic mass is 32.2. The van der Waals surface area contributed by atoms with E-state index in [0.717, 1.165) is 29.8 Å². The predicted octanol–water partition coefficient (Wildman–Crippen LogP) is 3.34. The molecule has 0 spiro atoms. The van der Waals surface area contributed by atoms with Crippen LogP contribution in [-0.2, 0) is 10.0 Å². The highest BCUT2D eigenvalue weighted by molar-refractivity contribution is 7.89. The minimum Gasteiger partial charge on any atom is -0.496 e. The van der Waals surface area contributed by atoms with E-state index in [-0.39, 0.29) is 11.8 Å². The largest absolute Gasteiger partial charge is 0.496 e. The van der Waals surface area contributed by atoms with Crippen LogP contribution < -0.4 is 14.8 Å². The number of benzene rings is 2. The Hall–Kier alpha value is -1.89. The summed E-state index contributed by atoms with van der Waals surface area (Å²) in [6, 6.07) is 16.6. The number of methoxy groups -OCH3 is 1. The third-order valence-electron chi connectivity index (χ3n) is 4.33. The second-order valence-corrected chi connectivity index (χ2v) is 8.24. The maximum Gasteiger partial charge on any atom is 0.211 e. The van der Waals surface area contributed by atoms with Gasteiger partial charge < -0.3 is 10.1 Å². The van der Waals surface area contributed by atoms with E-state index in [2.05, 4.69) is 41.2 Å². The Kier molecular flexibility index (Phi) is 7.63. The van der Waals surface area contributed by atoms with Crippen LogP contribution in [0.1, 0.15) is 31.9 Å². The summed E-state index contributed by atoms with van der Waals surface area (Å²) in [5.74, 6) is 0.982. The van der Waals surface area contributed by atoms with Gasteiger partial charge >= 0.3 is 0 Å². The molecule has 0 amide bonds. The van der Waals surface area contributed by atoms with E-state index in [9.17, 15) is 8.42 Å². The molecule has 0 fully saturated rings. The lowest BCUT2D eigenvalue weighted by Gasteiger charge is -2.15. The lowest BCUT2D eigenvalue weighted by molar-refractivity contribution is 0.416. The number of rotatable bonds is 10. The first-order valence-corrected chi connectivity index (χ1v) is 10.6. The Bertz CT molecular complexity index is 789. The van der Waals surface area contributed by atoms with Crippen LogP contribution >= 0.6 is 0 Å². The number of ether oxygens (including phenoxy) is 1. The summed E-state index contributed by atoms with van der Waals surface area (Å²) >= 11 is 0. The molecule has 0 bridgehead atoms. The number of nitrogens with one attached hydrogen (secondary N) is 2. The lowest BCUT2D eigenvalue weighted by atomic mass is 10.0. The third kappa shape index (κ3) is 5.83. The summed E-state index contributed by atoms with van der Waals surface area (Å²) in [6.07, 6.45) is 0.753. The second-order valence-electron chi connectivity index (χ2n) is 6.15. The van der Waals surface area contributed by atoms with Crippen LogP contribution in [0.15, 0.2) is 48.5 Å². The molecule has 2 aromatic carbocycles. The molecule has 2 aromatic rings. The summed E-state index contributed by atoms with van der Waals surface area (Å²) in [5.41, 5.74) is 3.38. The first-order chi connectivity index (χ1) is 12.5. The highest BCUT2D eigenvalue weighted by Gasteiger charge is 2.08. The summed E-state index contributed by atoms with van der Waals surface area (Å²) in [4.78, 5) is 0. The molecule has 2 rings (SSSR count). The quantitative estimate of drug-likeness (QED) is 0.624. The van der Waals surface area contributed by atoms with Gasteiger partial charge in [-0.15, -0.1) is 0 Å². The van der Waals surface area contributed by atoms with Crippen molar-refractivity contribution in [3.8, 4) is 16.9 Å². The summed E-state index contributed by atoms with van der Waals surface area (Å²) in [5, 5.41) is 3.43. The molecule has 1 atom stereocenters. The Morgan fingerprint density at radius 2 is 1.73 bits per heavy atom. The zero-order chi connectivity index (χ0) is 19.0. The van der Waals surface area contributed by atoms with Gasteiger partial charge in [0.25, 0.3) is 0 Å². The van der Waals surface area contributed by atoms with Crippen LogP contribution in [0.3, 0.4) is 0 Å². The minimum absolute atomic E-state index is 0.120. The molecule has 0 saturated heterocycles. The van der Waals surface area contributed by atoms with Crippen molar-refractivity contribution >= 4 is 10.0 Å². The summed E-state index contributed by atoms with van der Waals surface area (Å²) < 4.78 is 30.7. The van der Waals surface area contributed by atoms with Crippen LogP contribution in [0.2, 0.25) is 0 Å². The van der Waals surface area contributed by atoms with E-state index in [1.807, 2.05) is 24.3 Å². The van der Waals surface area contributed by atoms with E-state index in [0.29, 0.717) is 6.54 Å². The maximum absolute atomic E-state index is 11.4. The fourth-order valence-electron chi connectivity index (χ4n) is 2.69. The zero-order valence-electron chi connectivity index (χ0n) is 15.7. The van der Waals surface area contributed by atoms with E-state index < -0.39 is 10.0 Å². The van der Waals surface area contributed by atoms with E-state index in [4.69, 9.17) is 4.74 Å². The van der Waals surface area contributed by atoms with Gasteiger partial charge in [-0.3, -0.25) is 0 Å². The third-order valence-corrected chi connectivity index (χ3v) is 5.74. The first-order valence-electron chi connectivity index (χ1n) is 8.91. The average molecular weight is 377 g/mol. The minimum atomic E-state index is -3.10. The SMILES string of the molecule is CCS(=O)(=O)NCCCNC(C)c1ccc(-c2ccccc2OC)cc1. The van der Waals surface area contributed by atoms with Gasteiger partial charge in [-0.05, 0) is 44.0 Å². The second kappa shape index (κ2) is 9.71. The Labute approximate surface area is 156 Å². The van der Waals surface area contributed by atoms with E-state index in [1.54, 1.807) is 14.0 Å². The van der Waals surface area contributed by atoms with Crippen molar-refractivity contribution in [2.75, 3.05) is 26.0 Å². The van der Waals surface area contributed by atoms with Crippen LogP contribution in [0.5, 0.6) is 5.75 Å². The summed E-state index contributed by atoms with van der Waals surface area (Å²) in [6.45, 7) is 4.95. The number of sulfonamides is 1. The van der Waals surface area contributed by atoms with Crippen LogP contribution in [0.25, 0.3) is 11.1 Å². The molecular formula is C20H28N2O3S. The van der Waals surface area contributed by atoms with Gasteiger partial charge in [0.2, 0.25) is 10.0 Å². The molecular weight excluding hydrogens is 348 g/mol. The van der Waals surface area contributed by atoms with E-state index in [1.165, 1.54) is 5.56 Å². The van der Waals surface area contributed by atoms with Gasteiger partial charge in [-0.2, -0.15) is 0 Å². The molecule has 0 radical (unpaired) electrons. The Morgan fingerprint density at radius 1 is 1.04 bits per heavy atom. The molecule has 0 aliphatic heterocycles. The number of hydrogen-bond acceptors (Lipinski definition) is 4. The van der Waals surface area contributed by atoms with Crippen molar-refractivity contribution in [1.29, 1.82) is 0 Å². The highest BCUT2D eigenvalue weighted by Crippen LogP contribution is 2.30. The molecule has 5 nitrogen and oxygen atoms in total. The number of hydrogen-bond donors (Lipinski definition) is 2. The van der Waals surface area contributed by atoms with Crippen molar-refractivity contribution in [2.45, 2.75) is 26.3 Å². The molecule has 142 valence electrons. The molecule has 0 saturated carbocycles. The molecule has 2 N–H and O–H groups in total. The summed E-state index contributed by atoms with van der Waals surface area (Å²) in [7, 11) is -1.42. The average Bonchev–Trinajstić information content (AvgIpc) is 2.67. The molecule has 26 heavy (non-hydrogen) atoms. The Balaban J connectivity index is 1.88. The zero-order valence-corrected chi connectivity index (χ0v) is 16.5. The fraction of sp³-hybridized carbons (Fsp3) is 0.400. The van der Waals surface area contributed by atoms with Crippen LogP contribution in [0.4, 0.5) is 0 Å². The van der Waals surface area contributed by atoms with Crippen molar-refractivity contribution in [2.24, 2.45) is 0 Å². The van der Waals surface area contributed by atoms with Gasteiger partial charge in [0.05, 0.1) is 12.9 Å². The maximum atomic E-state index is 11.4. The van der Waals surface area contributed by atoms with Crippen molar-refractivity contribution in [3.63, 3.8) is 0 Å². The lowest BCUT2D eigenvalue weighted by Crippen LogP contribution is -2.29. The first kappa shape index (κ1) is 20.4. The van der Waals surface area contributed by atoms with E-state index >= 15 is 0 Å². The van der Waals surface area contributed by atoms with Gasteiger partial charge in [0, 0.05) is 18.2 Å². The monoisotopic (exact) mass is 376 g/mol.